The standard InChI is InChI=1S/C20H25F2N5O.HI/c1-2-23-20(25-10-12-28-17-6-3-5-15(21)13-17)26-16-8-11-27(14-16)19-18(22)7-4-9-24-19;/h3-7,9,13,16H,2,8,10-12,14H2,1H3,(H2,23,25,26);1H. The van der Waals surface area contributed by atoms with Crippen molar-refractivity contribution in [3.63, 3.8) is 0 Å². The van der Waals surface area contributed by atoms with Gasteiger partial charge < -0.3 is 20.3 Å². The van der Waals surface area contributed by atoms with E-state index >= 15 is 0 Å². The molecule has 6 nitrogen and oxygen atoms in total. The molecule has 29 heavy (non-hydrogen) atoms. The molecule has 0 spiro atoms. The number of anilines is 1. The molecular formula is C20H26F2IN5O. The van der Waals surface area contributed by atoms with Gasteiger partial charge in [-0.15, -0.1) is 24.0 Å². The predicted molar refractivity (Wildman–Crippen MR) is 121 cm³/mol. The van der Waals surface area contributed by atoms with Crippen molar-refractivity contribution >= 4 is 35.8 Å². The molecule has 3 rings (SSSR count). The van der Waals surface area contributed by atoms with Crippen molar-refractivity contribution in [2.45, 2.75) is 19.4 Å². The molecule has 0 aliphatic carbocycles. The molecule has 0 radical (unpaired) electrons. The molecule has 2 heterocycles. The van der Waals surface area contributed by atoms with Gasteiger partial charge in [0.05, 0.1) is 6.54 Å². The summed E-state index contributed by atoms with van der Waals surface area (Å²) >= 11 is 0. The lowest BCUT2D eigenvalue weighted by Gasteiger charge is -2.20. The van der Waals surface area contributed by atoms with Crippen LogP contribution in [0.25, 0.3) is 0 Å². The summed E-state index contributed by atoms with van der Waals surface area (Å²) in [4.78, 5) is 10.6. The molecule has 1 saturated heterocycles. The molecular weight excluding hydrogens is 491 g/mol. The van der Waals surface area contributed by atoms with Gasteiger partial charge in [0.1, 0.15) is 18.2 Å². The van der Waals surface area contributed by atoms with Crippen LogP contribution in [0, 0.1) is 11.6 Å². The molecule has 2 aromatic rings. The fourth-order valence-electron chi connectivity index (χ4n) is 3.07. The maximum absolute atomic E-state index is 13.9. The predicted octanol–water partition coefficient (Wildman–Crippen LogP) is 3.19. The van der Waals surface area contributed by atoms with E-state index in [-0.39, 0.29) is 41.7 Å². The van der Waals surface area contributed by atoms with E-state index in [2.05, 4.69) is 20.6 Å². The van der Waals surface area contributed by atoms with E-state index < -0.39 is 0 Å². The summed E-state index contributed by atoms with van der Waals surface area (Å²) in [6.07, 6.45) is 2.46. The van der Waals surface area contributed by atoms with Gasteiger partial charge in [0, 0.05) is 37.9 Å². The molecule has 0 saturated carbocycles. The Morgan fingerprint density at radius 3 is 2.93 bits per heavy atom. The van der Waals surface area contributed by atoms with Crippen molar-refractivity contribution in [1.29, 1.82) is 0 Å². The summed E-state index contributed by atoms with van der Waals surface area (Å²) in [5.41, 5.74) is 0. The smallest absolute Gasteiger partial charge is 0.191 e. The highest BCUT2D eigenvalue weighted by Gasteiger charge is 2.25. The molecule has 0 amide bonds. The van der Waals surface area contributed by atoms with Crippen LogP contribution in [-0.4, -0.2) is 49.8 Å². The van der Waals surface area contributed by atoms with E-state index in [0.29, 0.717) is 37.2 Å². The number of aliphatic imine (C=N–C) groups is 1. The number of nitrogens with one attached hydrogen (secondary N) is 2. The minimum atomic E-state index is -0.328. The molecule has 2 N–H and O–H groups in total. The van der Waals surface area contributed by atoms with Gasteiger partial charge in [-0.2, -0.15) is 0 Å². The molecule has 1 aliphatic heterocycles. The van der Waals surface area contributed by atoms with Crippen molar-refractivity contribution in [2.24, 2.45) is 4.99 Å². The Balaban J connectivity index is 0.00000300. The fraction of sp³-hybridized carbons (Fsp3) is 0.400. The van der Waals surface area contributed by atoms with E-state index in [4.69, 9.17) is 4.74 Å². The van der Waals surface area contributed by atoms with Gasteiger partial charge in [0.2, 0.25) is 0 Å². The van der Waals surface area contributed by atoms with Crippen LogP contribution >= 0.6 is 24.0 Å². The largest absolute Gasteiger partial charge is 0.492 e. The number of rotatable bonds is 7. The van der Waals surface area contributed by atoms with Crippen LogP contribution in [-0.2, 0) is 0 Å². The third-order valence-electron chi connectivity index (χ3n) is 4.34. The van der Waals surface area contributed by atoms with Crippen LogP contribution in [0.15, 0.2) is 47.6 Å². The third kappa shape index (κ3) is 6.98. The monoisotopic (exact) mass is 517 g/mol. The fourth-order valence-corrected chi connectivity index (χ4v) is 3.07. The molecule has 1 fully saturated rings. The van der Waals surface area contributed by atoms with Gasteiger partial charge in [-0.05, 0) is 37.6 Å². The summed E-state index contributed by atoms with van der Waals surface area (Å²) in [5, 5.41) is 6.57. The minimum Gasteiger partial charge on any atom is -0.492 e. The molecule has 1 aromatic carbocycles. The van der Waals surface area contributed by atoms with Crippen LogP contribution in [0.3, 0.4) is 0 Å². The highest BCUT2D eigenvalue weighted by Crippen LogP contribution is 2.20. The molecule has 1 aliphatic rings. The number of halogens is 3. The number of hydrogen-bond donors (Lipinski definition) is 2. The Bertz CT molecular complexity index is 808. The second-order valence-corrected chi connectivity index (χ2v) is 6.45. The van der Waals surface area contributed by atoms with Gasteiger partial charge in [0.25, 0.3) is 0 Å². The zero-order valence-electron chi connectivity index (χ0n) is 16.3. The van der Waals surface area contributed by atoms with Gasteiger partial charge in [-0.3, -0.25) is 0 Å². The molecule has 1 atom stereocenters. The topological polar surface area (TPSA) is 61.8 Å². The Kier molecular flexibility index (Phi) is 9.36. The molecule has 9 heteroatoms. The Morgan fingerprint density at radius 2 is 2.17 bits per heavy atom. The summed E-state index contributed by atoms with van der Waals surface area (Å²) in [7, 11) is 0. The van der Waals surface area contributed by atoms with Crippen LogP contribution in [0.4, 0.5) is 14.6 Å². The minimum absolute atomic E-state index is 0. The lowest BCUT2D eigenvalue weighted by Crippen LogP contribution is -2.45. The average Bonchev–Trinajstić information content (AvgIpc) is 3.14. The van der Waals surface area contributed by atoms with Gasteiger partial charge in [-0.25, -0.2) is 18.8 Å². The summed E-state index contributed by atoms with van der Waals surface area (Å²) in [6.45, 7) is 4.87. The number of aromatic nitrogens is 1. The van der Waals surface area contributed by atoms with Gasteiger partial charge >= 0.3 is 0 Å². The van der Waals surface area contributed by atoms with Gasteiger partial charge in [0.15, 0.2) is 17.6 Å². The van der Waals surface area contributed by atoms with E-state index in [1.807, 2.05) is 11.8 Å². The van der Waals surface area contributed by atoms with Crippen LogP contribution in [0.1, 0.15) is 13.3 Å². The lowest BCUT2D eigenvalue weighted by molar-refractivity contribution is 0.326. The number of benzene rings is 1. The zero-order chi connectivity index (χ0) is 19.8. The Hall–Kier alpha value is -2.17. The van der Waals surface area contributed by atoms with Crippen LogP contribution in [0.5, 0.6) is 5.75 Å². The number of guanidine groups is 1. The Labute approximate surface area is 186 Å². The number of nitrogens with zero attached hydrogens (tertiary/aromatic N) is 3. The number of pyridine rings is 1. The van der Waals surface area contributed by atoms with Gasteiger partial charge in [-0.1, -0.05) is 6.07 Å². The normalized spacial score (nSPS) is 16.3. The van der Waals surface area contributed by atoms with Crippen LogP contribution < -0.4 is 20.3 Å². The summed E-state index contributed by atoms with van der Waals surface area (Å²) < 4.78 is 32.6. The Morgan fingerprint density at radius 1 is 1.31 bits per heavy atom. The summed E-state index contributed by atoms with van der Waals surface area (Å²) in [6, 6.07) is 9.19. The average molecular weight is 517 g/mol. The maximum Gasteiger partial charge on any atom is 0.191 e. The second-order valence-electron chi connectivity index (χ2n) is 6.45. The number of hydrogen-bond acceptors (Lipinski definition) is 4. The molecule has 1 unspecified atom stereocenters. The quantitative estimate of drug-likeness (QED) is 0.256. The second kappa shape index (κ2) is 11.7. The summed E-state index contributed by atoms with van der Waals surface area (Å²) in [5.74, 6) is 0.914. The molecule has 158 valence electrons. The van der Waals surface area contributed by atoms with Crippen LogP contribution in [0.2, 0.25) is 0 Å². The highest BCUT2D eigenvalue weighted by atomic mass is 127. The SMILES string of the molecule is CCNC(=NCCOc1cccc(F)c1)NC1CCN(c2ncccc2F)C1.I. The van der Waals surface area contributed by atoms with E-state index in [1.54, 1.807) is 24.4 Å². The maximum atomic E-state index is 13.9. The lowest BCUT2D eigenvalue weighted by atomic mass is 10.3. The molecule has 1 aromatic heterocycles. The van der Waals surface area contributed by atoms with Crippen molar-refractivity contribution < 1.29 is 13.5 Å². The number of ether oxygens (including phenoxy) is 1. The molecule has 0 bridgehead atoms. The zero-order valence-corrected chi connectivity index (χ0v) is 18.6. The first kappa shape index (κ1) is 23.1. The van der Waals surface area contributed by atoms with Crippen molar-refractivity contribution in [1.82, 2.24) is 15.6 Å². The van der Waals surface area contributed by atoms with Crippen molar-refractivity contribution in [2.75, 3.05) is 37.7 Å². The van der Waals surface area contributed by atoms with Crippen molar-refractivity contribution in [3.05, 3.63) is 54.2 Å². The van der Waals surface area contributed by atoms with E-state index in [0.717, 1.165) is 19.5 Å². The first-order chi connectivity index (χ1) is 13.7. The van der Waals surface area contributed by atoms with E-state index in [1.165, 1.54) is 18.2 Å². The highest BCUT2D eigenvalue weighted by molar-refractivity contribution is 14.0. The first-order valence-corrected chi connectivity index (χ1v) is 9.44. The first-order valence-electron chi connectivity index (χ1n) is 9.44. The van der Waals surface area contributed by atoms with Crippen molar-refractivity contribution in [3.8, 4) is 5.75 Å². The van der Waals surface area contributed by atoms with E-state index in [9.17, 15) is 8.78 Å². The third-order valence-corrected chi connectivity index (χ3v) is 4.34.